The quantitative estimate of drug-likeness (QED) is 0.436. The van der Waals surface area contributed by atoms with E-state index in [4.69, 9.17) is 14.2 Å². The number of rotatable bonds is 9. The van der Waals surface area contributed by atoms with E-state index in [1.807, 2.05) is 20.8 Å². The van der Waals surface area contributed by atoms with Crippen LogP contribution in [0.2, 0.25) is 0 Å². The van der Waals surface area contributed by atoms with Gasteiger partial charge in [-0.15, -0.1) is 0 Å². The maximum atomic E-state index is 11.1. The van der Waals surface area contributed by atoms with Crippen molar-refractivity contribution in [1.82, 2.24) is 0 Å². The van der Waals surface area contributed by atoms with Crippen LogP contribution >= 0.6 is 0 Å². The second kappa shape index (κ2) is 9.93. The number of hydrogen-bond acceptors (Lipinski definition) is 4. The number of hydrogen-bond donors (Lipinski definition) is 0. The molecule has 0 unspecified atom stereocenters. The minimum absolute atomic E-state index is 0.194. The Hall–Kier alpha value is -0.610. The van der Waals surface area contributed by atoms with Gasteiger partial charge < -0.3 is 14.2 Å². The molecule has 0 aliphatic carbocycles. The van der Waals surface area contributed by atoms with Crippen molar-refractivity contribution in [2.24, 2.45) is 5.92 Å². The Bertz CT molecular complexity index is 157. The summed E-state index contributed by atoms with van der Waals surface area (Å²) < 4.78 is 15.2. The van der Waals surface area contributed by atoms with Crippen molar-refractivity contribution < 1.29 is 19.0 Å². The van der Waals surface area contributed by atoms with Crippen LogP contribution in [0.5, 0.6) is 0 Å². The van der Waals surface area contributed by atoms with Gasteiger partial charge in [0.1, 0.15) is 0 Å². The summed E-state index contributed by atoms with van der Waals surface area (Å²) in [7, 11) is 0. The second-order valence-electron chi connectivity index (χ2n) is 3.64. The van der Waals surface area contributed by atoms with Crippen LogP contribution in [-0.2, 0) is 19.0 Å². The number of carbonyl (C=O) groups excluding carboxylic acids is 1. The number of ether oxygens (including phenoxy) is 3. The first-order valence-corrected chi connectivity index (χ1v) is 5.48. The van der Waals surface area contributed by atoms with Crippen LogP contribution in [0.1, 0.15) is 27.2 Å². The molecule has 0 saturated heterocycles. The van der Waals surface area contributed by atoms with Crippen molar-refractivity contribution >= 4 is 5.97 Å². The van der Waals surface area contributed by atoms with Crippen LogP contribution in [-0.4, -0.2) is 39.0 Å². The predicted molar refractivity (Wildman–Crippen MR) is 57.7 cm³/mol. The molecule has 15 heavy (non-hydrogen) atoms. The van der Waals surface area contributed by atoms with Gasteiger partial charge in [0.05, 0.1) is 32.8 Å². The highest BCUT2D eigenvalue weighted by Gasteiger charge is 2.03. The van der Waals surface area contributed by atoms with E-state index in [1.165, 1.54) is 0 Å². The molecule has 0 aromatic heterocycles. The average molecular weight is 218 g/mol. The highest BCUT2D eigenvalue weighted by Crippen LogP contribution is 1.95. The van der Waals surface area contributed by atoms with Crippen molar-refractivity contribution in [2.75, 3.05) is 33.0 Å². The molecule has 0 fully saturated rings. The van der Waals surface area contributed by atoms with Crippen molar-refractivity contribution in [3.05, 3.63) is 0 Å². The maximum Gasteiger partial charge on any atom is 0.308 e. The van der Waals surface area contributed by atoms with Gasteiger partial charge in [0.15, 0.2) is 0 Å². The second-order valence-corrected chi connectivity index (χ2v) is 3.64. The normalized spacial score (nSPS) is 10.7. The summed E-state index contributed by atoms with van der Waals surface area (Å²) in [5.41, 5.74) is 0. The molecule has 0 heterocycles. The summed E-state index contributed by atoms with van der Waals surface area (Å²) in [6.45, 7) is 8.64. The third-order valence-electron chi connectivity index (χ3n) is 1.60. The molecule has 0 amide bonds. The van der Waals surface area contributed by atoms with E-state index in [-0.39, 0.29) is 5.97 Å². The molecule has 0 aliphatic heterocycles. The summed E-state index contributed by atoms with van der Waals surface area (Å²) in [6, 6.07) is 0. The van der Waals surface area contributed by atoms with E-state index in [1.54, 1.807) is 0 Å². The van der Waals surface area contributed by atoms with Gasteiger partial charge in [-0.2, -0.15) is 0 Å². The third-order valence-corrected chi connectivity index (χ3v) is 1.60. The Balaban J connectivity index is 3.17. The van der Waals surface area contributed by atoms with Gasteiger partial charge in [-0.05, 0) is 12.8 Å². The van der Waals surface area contributed by atoms with Gasteiger partial charge in [-0.1, -0.05) is 13.8 Å². The molecule has 4 nitrogen and oxygen atoms in total. The van der Waals surface area contributed by atoms with Gasteiger partial charge in [0.25, 0.3) is 0 Å². The molecular weight excluding hydrogens is 196 g/mol. The van der Waals surface area contributed by atoms with Crippen LogP contribution in [0.4, 0.5) is 0 Å². The Morgan fingerprint density at radius 1 is 1.13 bits per heavy atom. The minimum atomic E-state index is -0.194. The summed E-state index contributed by atoms with van der Waals surface area (Å²) in [6.07, 6.45) is 0.318. The first-order valence-electron chi connectivity index (χ1n) is 5.48. The Labute approximate surface area is 91.9 Å². The highest BCUT2D eigenvalue weighted by atomic mass is 16.5. The van der Waals surface area contributed by atoms with Crippen LogP contribution in [0, 0.1) is 5.92 Å². The van der Waals surface area contributed by atoms with E-state index < -0.39 is 0 Å². The molecule has 0 atom stereocenters. The predicted octanol–water partition coefficient (Wildman–Crippen LogP) is 1.63. The molecule has 0 N–H and O–H groups in total. The lowest BCUT2D eigenvalue weighted by atomic mass is 10.2. The fourth-order valence-electron chi connectivity index (χ4n) is 0.852. The lowest BCUT2D eigenvalue weighted by Gasteiger charge is -2.07. The van der Waals surface area contributed by atoms with E-state index in [2.05, 4.69) is 0 Å². The van der Waals surface area contributed by atoms with Crippen LogP contribution < -0.4 is 0 Å². The molecule has 0 aromatic carbocycles. The molecular formula is C11H22O4. The van der Waals surface area contributed by atoms with Gasteiger partial charge in [0, 0.05) is 6.61 Å². The summed E-state index contributed by atoms with van der Waals surface area (Å²) >= 11 is 0. The van der Waals surface area contributed by atoms with Gasteiger partial charge in [-0.25, -0.2) is 0 Å². The molecule has 0 aliphatic rings. The average Bonchev–Trinajstić information content (AvgIpc) is 2.20. The number of esters is 1. The van der Waals surface area contributed by atoms with Gasteiger partial charge in [0.2, 0.25) is 0 Å². The monoisotopic (exact) mass is 218 g/mol. The van der Waals surface area contributed by atoms with Crippen molar-refractivity contribution in [2.45, 2.75) is 27.2 Å². The van der Waals surface area contributed by atoms with Crippen molar-refractivity contribution in [1.29, 1.82) is 0 Å². The first kappa shape index (κ1) is 14.4. The van der Waals surface area contributed by atoms with Crippen molar-refractivity contribution in [3.8, 4) is 0 Å². The summed E-state index contributed by atoms with van der Waals surface area (Å²) in [5, 5.41) is 0. The van der Waals surface area contributed by atoms with Crippen LogP contribution in [0.25, 0.3) is 0 Å². The minimum Gasteiger partial charge on any atom is -0.465 e. The molecule has 0 spiro atoms. The summed E-state index contributed by atoms with van der Waals surface area (Å²) in [5.74, 6) is 0.188. The summed E-state index contributed by atoms with van der Waals surface area (Å²) in [4.78, 5) is 11.1. The molecule has 0 aromatic rings. The fourth-order valence-corrected chi connectivity index (χ4v) is 0.852. The molecule has 0 radical (unpaired) electrons. The molecule has 0 bridgehead atoms. The molecule has 0 saturated carbocycles. The van der Waals surface area contributed by atoms with E-state index in [0.717, 1.165) is 0 Å². The largest absolute Gasteiger partial charge is 0.465 e. The maximum absolute atomic E-state index is 11.1. The van der Waals surface area contributed by atoms with E-state index in [9.17, 15) is 4.79 Å². The third kappa shape index (κ3) is 11.3. The smallest absolute Gasteiger partial charge is 0.308 e. The zero-order chi connectivity index (χ0) is 11.5. The fraction of sp³-hybridized carbons (Fsp3) is 0.909. The SMILES string of the molecule is CCOCCOCCC(=O)OCC(C)C. The Morgan fingerprint density at radius 3 is 2.40 bits per heavy atom. The lowest BCUT2D eigenvalue weighted by molar-refractivity contribution is -0.146. The Kier molecular flexibility index (Phi) is 9.52. The van der Waals surface area contributed by atoms with Gasteiger partial charge >= 0.3 is 5.97 Å². The zero-order valence-corrected chi connectivity index (χ0v) is 9.95. The van der Waals surface area contributed by atoms with Crippen LogP contribution in [0.3, 0.4) is 0 Å². The van der Waals surface area contributed by atoms with Crippen molar-refractivity contribution in [3.63, 3.8) is 0 Å². The molecule has 90 valence electrons. The standard InChI is InChI=1S/C11H22O4/c1-4-13-7-8-14-6-5-11(12)15-9-10(2)3/h10H,4-9H2,1-3H3. The lowest BCUT2D eigenvalue weighted by Crippen LogP contribution is -2.13. The van der Waals surface area contributed by atoms with Gasteiger partial charge in [-0.3, -0.25) is 4.79 Å². The topological polar surface area (TPSA) is 44.8 Å². The number of carbonyl (C=O) groups is 1. The zero-order valence-electron chi connectivity index (χ0n) is 9.95. The highest BCUT2D eigenvalue weighted by molar-refractivity contribution is 5.69. The van der Waals surface area contributed by atoms with E-state index in [0.29, 0.717) is 45.4 Å². The molecule has 0 rings (SSSR count). The first-order chi connectivity index (χ1) is 7.16. The molecule has 4 heteroatoms. The Morgan fingerprint density at radius 2 is 1.80 bits per heavy atom. The van der Waals surface area contributed by atoms with E-state index >= 15 is 0 Å². The van der Waals surface area contributed by atoms with Crippen LogP contribution in [0.15, 0.2) is 0 Å².